The van der Waals surface area contributed by atoms with E-state index in [9.17, 15) is 4.79 Å². The lowest BCUT2D eigenvalue weighted by atomic mass is 9.73. The molecule has 2 aromatic carbocycles. The van der Waals surface area contributed by atoms with E-state index >= 15 is 0 Å². The van der Waals surface area contributed by atoms with Crippen molar-refractivity contribution in [2.24, 2.45) is 5.41 Å². The molecule has 1 N–H and O–H groups in total. The molecule has 5 rings (SSSR count). The van der Waals surface area contributed by atoms with Crippen molar-refractivity contribution in [3.8, 4) is 5.75 Å². The molecule has 0 unspecified atom stereocenters. The molecule has 1 fully saturated rings. The zero-order valence-electron chi connectivity index (χ0n) is 22.6. The second-order valence-electron chi connectivity index (χ2n) is 11.1. The maximum atomic E-state index is 13.4. The van der Waals surface area contributed by atoms with Gasteiger partial charge < -0.3 is 14.6 Å². The van der Waals surface area contributed by atoms with Crippen LogP contribution in [0, 0.1) is 12.3 Å². The first-order valence-corrected chi connectivity index (χ1v) is 14.2. The molecule has 3 heterocycles. The number of para-hydroxylation sites is 1. The average Bonchev–Trinajstić information content (AvgIpc) is 3.29. The molecule has 0 atom stereocenters. The monoisotopic (exact) mass is 502 g/mol. The fraction of sp³-hybridized carbons (Fsp3) is 0.548. The lowest BCUT2D eigenvalue weighted by Crippen LogP contribution is -2.48. The molecule has 6 nitrogen and oxygen atoms in total. The lowest BCUT2D eigenvalue weighted by Gasteiger charge is -2.45. The van der Waals surface area contributed by atoms with Gasteiger partial charge in [-0.3, -0.25) is 9.69 Å². The van der Waals surface area contributed by atoms with E-state index < -0.39 is 0 Å². The van der Waals surface area contributed by atoms with E-state index in [0.29, 0.717) is 0 Å². The average molecular weight is 503 g/mol. The van der Waals surface area contributed by atoms with E-state index in [4.69, 9.17) is 4.74 Å². The normalized spacial score (nSPS) is 19.1. The number of hydrogen-bond donors (Lipinski definition) is 1. The van der Waals surface area contributed by atoms with E-state index in [1.54, 1.807) is 0 Å². The van der Waals surface area contributed by atoms with E-state index in [1.807, 2.05) is 25.1 Å². The number of carbonyl (C=O) groups excluding carboxylic acids is 1. The molecule has 2 aliphatic heterocycles. The quantitative estimate of drug-likeness (QED) is 0.475. The third kappa shape index (κ3) is 6.18. The van der Waals surface area contributed by atoms with Gasteiger partial charge in [-0.2, -0.15) is 0 Å². The fourth-order valence-corrected chi connectivity index (χ4v) is 6.20. The Morgan fingerprint density at radius 3 is 2.76 bits per heavy atom. The minimum atomic E-state index is 0.144. The van der Waals surface area contributed by atoms with Crippen LogP contribution in [0.5, 0.6) is 5.75 Å². The third-order valence-corrected chi connectivity index (χ3v) is 8.39. The van der Waals surface area contributed by atoms with Gasteiger partial charge >= 0.3 is 0 Å². The van der Waals surface area contributed by atoms with Gasteiger partial charge in [-0.1, -0.05) is 38.0 Å². The molecule has 2 aliphatic rings. The van der Waals surface area contributed by atoms with Crippen LogP contribution in [-0.4, -0.2) is 65.0 Å². The number of likely N-dealkylation sites (tertiary alicyclic amines) is 1. The Morgan fingerprint density at radius 2 is 1.92 bits per heavy atom. The minimum Gasteiger partial charge on any atom is -0.492 e. The number of piperidine rings is 1. The molecular formula is C31H42N4O2. The summed E-state index contributed by atoms with van der Waals surface area (Å²) in [6.07, 6.45) is 9.28. The number of rotatable bonds is 4. The van der Waals surface area contributed by atoms with Crippen molar-refractivity contribution in [2.45, 2.75) is 65.2 Å². The van der Waals surface area contributed by atoms with Crippen LogP contribution >= 0.6 is 0 Å². The Balaban J connectivity index is 1.28. The van der Waals surface area contributed by atoms with Crippen molar-refractivity contribution in [2.75, 3.05) is 39.3 Å². The summed E-state index contributed by atoms with van der Waals surface area (Å²) in [6.45, 7) is 9.81. The molecular weight excluding hydrogens is 460 g/mol. The van der Waals surface area contributed by atoms with Crippen molar-refractivity contribution in [3.63, 3.8) is 0 Å². The van der Waals surface area contributed by atoms with Crippen LogP contribution < -0.4 is 4.74 Å². The highest BCUT2D eigenvalue weighted by atomic mass is 16.5. The summed E-state index contributed by atoms with van der Waals surface area (Å²) < 4.78 is 6.27. The Bertz CT molecular complexity index is 1190. The van der Waals surface area contributed by atoms with Crippen LogP contribution in [-0.2, 0) is 6.42 Å². The van der Waals surface area contributed by atoms with Crippen LogP contribution in [0.15, 0.2) is 42.5 Å². The first kappa shape index (κ1) is 25.8. The summed E-state index contributed by atoms with van der Waals surface area (Å²) in [5.74, 6) is 2.08. The van der Waals surface area contributed by atoms with Crippen LogP contribution in [0.3, 0.4) is 0 Å². The molecule has 0 bridgehead atoms. The number of imidazole rings is 1. The maximum absolute atomic E-state index is 13.4. The van der Waals surface area contributed by atoms with Gasteiger partial charge in [-0.05, 0) is 87.2 Å². The standard InChI is InChI=1S/C31H42N4O2/c1-3-4-17-34-20-21-37-29-11-6-5-9-25(29)10-7-8-14-31(23-34)15-18-35(19-16-31)30(36)26-12-13-27-28(22-26)33-24(2)32-27/h5-6,9,11-13,22H,3-4,7-8,10,14-21,23H2,1-2H3,(H,32,33). The van der Waals surface area contributed by atoms with E-state index in [1.165, 1.54) is 37.7 Å². The summed E-state index contributed by atoms with van der Waals surface area (Å²) in [4.78, 5) is 25.9. The molecule has 0 saturated carbocycles. The molecule has 1 spiro atoms. The van der Waals surface area contributed by atoms with Crippen molar-refractivity contribution in [1.29, 1.82) is 0 Å². The number of H-pyrrole nitrogens is 1. The Kier molecular flexibility index (Phi) is 8.14. The molecule has 6 heteroatoms. The highest BCUT2D eigenvalue weighted by Gasteiger charge is 2.37. The first-order chi connectivity index (χ1) is 18.0. The number of ether oxygens (including phenoxy) is 1. The van der Waals surface area contributed by atoms with Gasteiger partial charge in [0.1, 0.15) is 18.2 Å². The summed E-state index contributed by atoms with van der Waals surface area (Å²) in [7, 11) is 0. The smallest absolute Gasteiger partial charge is 0.253 e. The van der Waals surface area contributed by atoms with Gasteiger partial charge in [0.25, 0.3) is 5.91 Å². The molecule has 37 heavy (non-hydrogen) atoms. The number of nitrogens with one attached hydrogen (secondary N) is 1. The zero-order chi connectivity index (χ0) is 25.7. The van der Waals surface area contributed by atoms with E-state index in [-0.39, 0.29) is 11.3 Å². The Morgan fingerprint density at radius 1 is 1.08 bits per heavy atom. The third-order valence-electron chi connectivity index (χ3n) is 8.39. The number of hydrogen-bond acceptors (Lipinski definition) is 4. The number of fused-ring (bicyclic) bond motifs is 2. The predicted octanol–water partition coefficient (Wildman–Crippen LogP) is 6.00. The first-order valence-electron chi connectivity index (χ1n) is 14.2. The van der Waals surface area contributed by atoms with Crippen molar-refractivity contribution in [1.82, 2.24) is 19.8 Å². The van der Waals surface area contributed by atoms with Crippen LogP contribution in [0.25, 0.3) is 11.0 Å². The molecule has 1 saturated heterocycles. The van der Waals surface area contributed by atoms with Crippen LogP contribution in [0.4, 0.5) is 0 Å². The SMILES string of the molecule is CCCCN1CCOc2ccccc2CCCCC2(CCN(C(=O)c3ccc4nc(C)[nH]c4c3)CC2)C1. The zero-order valence-corrected chi connectivity index (χ0v) is 22.6. The molecule has 1 aromatic heterocycles. The largest absolute Gasteiger partial charge is 0.492 e. The number of aromatic amines is 1. The van der Waals surface area contributed by atoms with Gasteiger partial charge in [-0.15, -0.1) is 0 Å². The highest BCUT2D eigenvalue weighted by Crippen LogP contribution is 2.39. The van der Waals surface area contributed by atoms with Crippen molar-refractivity contribution < 1.29 is 9.53 Å². The second kappa shape index (κ2) is 11.7. The van der Waals surface area contributed by atoms with Crippen molar-refractivity contribution in [3.05, 3.63) is 59.4 Å². The molecule has 198 valence electrons. The summed E-state index contributed by atoms with van der Waals surface area (Å²) >= 11 is 0. The Hall–Kier alpha value is -2.86. The van der Waals surface area contributed by atoms with Crippen LogP contribution in [0.1, 0.15) is 73.6 Å². The fourth-order valence-electron chi connectivity index (χ4n) is 6.20. The minimum absolute atomic E-state index is 0.144. The van der Waals surface area contributed by atoms with E-state index in [0.717, 1.165) is 86.8 Å². The van der Waals surface area contributed by atoms with Gasteiger partial charge in [0.05, 0.1) is 11.0 Å². The summed E-state index contributed by atoms with van der Waals surface area (Å²) in [6, 6.07) is 14.4. The Labute approximate surface area is 221 Å². The predicted molar refractivity (Wildman–Crippen MR) is 149 cm³/mol. The van der Waals surface area contributed by atoms with E-state index in [2.05, 4.69) is 51.0 Å². The molecule has 0 radical (unpaired) electrons. The number of aryl methyl sites for hydroxylation is 2. The number of amides is 1. The lowest BCUT2D eigenvalue weighted by molar-refractivity contribution is 0.0375. The van der Waals surface area contributed by atoms with Gasteiger partial charge in [0, 0.05) is 31.7 Å². The summed E-state index contributed by atoms with van der Waals surface area (Å²) in [5, 5.41) is 0. The number of benzene rings is 2. The van der Waals surface area contributed by atoms with Crippen molar-refractivity contribution >= 4 is 16.9 Å². The van der Waals surface area contributed by atoms with Gasteiger partial charge in [0.15, 0.2) is 0 Å². The molecule has 0 aliphatic carbocycles. The number of unbranched alkanes of at least 4 members (excludes halogenated alkanes) is 1. The molecule has 3 aromatic rings. The number of carbonyl (C=O) groups is 1. The van der Waals surface area contributed by atoms with Gasteiger partial charge in [0.2, 0.25) is 0 Å². The van der Waals surface area contributed by atoms with Crippen LogP contribution in [0.2, 0.25) is 0 Å². The topological polar surface area (TPSA) is 61.5 Å². The second-order valence-corrected chi connectivity index (χ2v) is 11.1. The maximum Gasteiger partial charge on any atom is 0.253 e. The molecule has 1 amide bonds. The number of aromatic nitrogens is 2. The highest BCUT2D eigenvalue weighted by molar-refractivity contribution is 5.97. The number of nitrogens with zero attached hydrogens (tertiary/aromatic N) is 3. The van der Waals surface area contributed by atoms with Gasteiger partial charge in [-0.25, -0.2) is 4.98 Å². The summed E-state index contributed by atoms with van der Waals surface area (Å²) in [5.41, 5.74) is 4.21.